The van der Waals surface area contributed by atoms with Crippen LogP contribution in [0.25, 0.3) is 10.9 Å². The number of nitriles is 1. The number of aryl methyl sites for hydroxylation is 1. The lowest BCUT2D eigenvalue weighted by atomic mass is 10.1. The molecular formula is C18H15N5O. The van der Waals surface area contributed by atoms with Gasteiger partial charge in [-0.05, 0) is 54.7 Å². The average molecular weight is 317 g/mol. The molecule has 6 heteroatoms. The van der Waals surface area contributed by atoms with E-state index in [-0.39, 0.29) is 17.7 Å². The van der Waals surface area contributed by atoms with Crippen LogP contribution in [-0.2, 0) is 4.79 Å². The standard InChI is InChI=1S/C18H15N5O/c1-10-6-15-16(7-12(10)9-19)22-23-17(15)21-18(24)14-8-13(14)11-2-4-20-5-3-11/h2-7,13-14H,8H2,1H3,(H2,21,22,23,24)/t13-,14+/m0/s1. The molecule has 118 valence electrons. The molecule has 1 fully saturated rings. The van der Waals surface area contributed by atoms with Crippen molar-refractivity contribution in [1.29, 1.82) is 5.26 Å². The molecule has 3 aromatic rings. The van der Waals surface area contributed by atoms with Crippen LogP contribution >= 0.6 is 0 Å². The van der Waals surface area contributed by atoms with Gasteiger partial charge in [-0.25, -0.2) is 0 Å². The summed E-state index contributed by atoms with van der Waals surface area (Å²) >= 11 is 0. The fraction of sp³-hybridized carbons (Fsp3) is 0.222. The smallest absolute Gasteiger partial charge is 0.229 e. The third-order valence-corrected chi connectivity index (χ3v) is 4.53. The highest BCUT2D eigenvalue weighted by atomic mass is 16.2. The lowest BCUT2D eigenvalue weighted by molar-refractivity contribution is -0.117. The molecule has 0 unspecified atom stereocenters. The first-order valence-electron chi connectivity index (χ1n) is 7.77. The van der Waals surface area contributed by atoms with Crippen molar-refractivity contribution < 1.29 is 4.79 Å². The summed E-state index contributed by atoms with van der Waals surface area (Å²) in [6, 6.07) is 9.68. The molecule has 0 spiro atoms. The minimum Gasteiger partial charge on any atom is -0.308 e. The summed E-state index contributed by atoms with van der Waals surface area (Å²) in [5.74, 6) is 0.721. The number of hydrogen-bond acceptors (Lipinski definition) is 4. The maximum atomic E-state index is 12.5. The summed E-state index contributed by atoms with van der Waals surface area (Å²) < 4.78 is 0. The number of H-pyrrole nitrogens is 1. The molecule has 0 bridgehead atoms. The Bertz CT molecular complexity index is 970. The summed E-state index contributed by atoms with van der Waals surface area (Å²) in [6.07, 6.45) is 4.34. The van der Waals surface area contributed by atoms with Crippen LogP contribution in [-0.4, -0.2) is 21.1 Å². The molecule has 2 N–H and O–H groups in total. The Hall–Kier alpha value is -3.20. The normalized spacial score (nSPS) is 19.0. The van der Waals surface area contributed by atoms with Crippen molar-refractivity contribution in [1.82, 2.24) is 15.2 Å². The van der Waals surface area contributed by atoms with E-state index in [1.807, 2.05) is 25.1 Å². The van der Waals surface area contributed by atoms with Crippen molar-refractivity contribution in [2.24, 2.45) is 5.92 Å². The van der Waals surface area contributed by atoms with E-state index in [0.717, 1.165) is 28.5 Å². The molecule has 24 heavy (non-hydrogen) atoms. The van der Waals surface area contributed by atoms with Gasteiger partial charge in [-0.2, -0.15) is 10.4 Å². The first-order chi connectivity index (χ1) is 11.7. The third kappa shape index (κ3) is 2.40. The molecule has 0 saturated heterocycles. The Labute approximate surface area is 138 Å². The lowest BCUT2D eigenvalue weighted by Crippen LogP contribution is -2.15. The second-order valence-electron chi connectivity index (χ2n) is 6.12. The Morgan fingerprint density at radius 3 is 2.92 bits per heavy atom. The van der Waals surface area contributed by atoms with Crippen LogP contribution in [0.3, 0.4) is 0 Å². The largest absolute Gasteiger partial charge is 0.308 e. The number of pyridine rings is 1. The first kappa shape index (κ1) is 14.4. The van der Waals surface area contributed by atoms with Crippen molar-refractivity contribution in [2.45, 2.75) is 19.3 Å². The molecule has 2 aromatic heterocycles. The number of aromatic nitrogens is 3. The van der Waals surface area contributed by atoms with E-state index in [1.165, 1.54) is 0 Å². The number of aromatic amines is 1. The Morgan fingerprint density at radius 1 is 1.38 bits per heavy atom. The van der Waals surface area contributed by atoms with Gasteiger partial charge in [0, 0.05) is 23.7 Å². The first-order valence-corrected chi connectivity index (χ1v) is 7.77. The maximum absolute atomic E-state index is 12.5. The van der Waals surface area contributed by atoms with E-state index in [9.17, 15) is 4.79 Å². The number of amides is 1. The molecule has 1 amide bonds. The van der Waals surface area contributed by atoms with Crippen LogP contribution in [0.5, 0.6) is 0 Å². The highest BCUT2D eigenvalue weighted by Gasteiger charge is 2.44. The van der Waals surface area contributed by atoms with E-state index in [0.29, 0.717) is 11.4 Å². The van der Waals surface area contributed by atoms with Crippen molar-refractivity contribution in [3.8, 4) is 6.07 Å². The number of rotatable bonds is 3. The number of nitrogens with zero attached hydrogens (tertiary/aromatic N) is 3. The number of anilines is 1. The monoisotopic (exact) mass is 317 g/mol. The molecule has 0 radical (unpaired) electrons. The molecular weight excluding hydrogens is 302 g/mol. The van der Waals surface area contributed by atoms with Gasteiger partial charge in [-0.1, -0.05) is 0 Å². The Morgan fingerprint density at radius 2 is 2.17 bits per heavy atom. The third-order valence-electron chi connectivity index (χ3n) is 4.53. The summed E-state index contributed by atoms with van der Waals surface area (Å²) in [4.78, 5) is 16.5. The summed E-state index contributed by atoms with van der Waals surface area (Å²) in [5.41, 5.74) is 3.35. The van der Waals surface area contributed by atoms with Crippen LogP contribution in [0.2, 0.25) is 0 Å². The Balaban J connectivity index is 1.54. The van der Waals surface area contributed by atoms with Crippen molar-refractivity contribution in [3.05, 3.63) is 53.3 Å². The zero-order valence-corrected chi connectivity index (χ0v) is 13.1. The molecule has 6 nitrogen and oxygen atoms in total. The maximum Gasteiger partial charge on any atom is 0.229 e. The molecule has 1 aliphatic rings. The van der Waals surface area contributed by atoms with Crippen molar-refractivity contribution in [3.63, 3.8) is 0 Å². The van der Waals surface area contributed by atoms with Crippen molar-refractivity contribution in [2.75, 3.05) is 5.32 Å². The Kier molecular flexibility index (Phi) is 3.28. The molecule has 2 atom stereocenters. The number of hydrogen-bond donors (Lipinski definition) is 2. The fourth-order valence-corrected chi connectivity index (χ4v) is 3.06. The van der Waals surface area contributed by atoms with Gasteiger partial charge in [0.15, 0.2) is 5.82 Å². The number of nitrogens with one attached hydrogen (secondary N) is 2. The number of fused-ring (bicyclic) bond motifs is 1. The summed E-state index contributed by atoms with van der Waals surface area (Å²) in [6.45, 7) is 1.87. The minimum absolute atomic E-state index is 0.0211. The van der Waals surface area contributed by atoms with Gasteiger partial charge in [0.2, 0.25) is 5.91 Å². The second-order valence-corrected chi connectivity index (χ2v) is 6.12. The number of carbonyl (C=O) groups excluding carboxylic acids is 1. The lowest BCUT2D eigenvalue weighted by Gasteiger charge is -2.03. The molecule has 4 rings (SSSR count). The summed E-state index contributed by atoms with van der Waals surface area (Å²) in [5, 5.41) is 19.9. The van der Waals surface area contributed by atoms with E-state index in [1.54, 1.807) is 18.5 Å². The average Bonchev–Trinajstić information content (AvgIpc) is 3.33. The van der Waals surface area contributed by atoms with E-state index in [2.05, 4.69) is 26.6 Å². The predicted octanol–water partition coefficient (Wildman–Crippen LogP) is 2.88. The zero-order valence-electron chi connectivity index (χ0n) is 13.1. The number of carbonyl (C=O) groups is 1. The zero-order chi connectivity index (χ0) is 16.7. The minimum atomic E-state index is -0.0290. The fourth-order valence-electron chi connectivity index (χ4n) is 3.06. The molecule has 0 aliphatic heterocycles. The quantitative estimate of drug-likeness (QED) is 0.776. The SMILES string of the molecule is Cc1cc2c(NC(=O)[C@@H]3C[C@H]3c3ccncc3)n[nH]c2cc1C#N. The van der Waals surface area contributed by atoms with Crippen LogP contribution < -0.4 is 5.32 Å². The highest BCUT2D eigenvalue weighted by Crippen LogP contribution is 2.47. The molecule has 2 heterocycles. The van der Waals surface area contributed by atoms with E-state index >= 15 is 0 Å². The molecule has 1 aliphatic carbocycles. The van der Waals surface area contributed by atoms with Gasteiger partial charge in [0.1, 0.15) is 0 Å². The summed E-state index contributed by atoms with van der Waals surface area (Å²) in [7, 11) is 0. The van der Waals surface area contributed by atoms with Gasteiger partial charge in [-0.15, -0.1) is 0 Å². The van der Waals surface area contributed by atoms with Crippen LogP contribution in [0, 0.1) is 24.2 Å². The topological polar surface area (TPSA) is 94.5 Å². The van der Waals surface area contributed by atoms with Gasteiger partial charge < -0.3 is 5.32 Å². The predicted molar refractivity (Wildman–Crippen MR) is 89.3 cm³/mol. The highest BCUT2D eigenvalue weighted by molar-refractivity contribution is 6.02. The van der Waals surface area contributed by atoms with Gasteiger partial charge in [-0.3, -0.25) is 14.9 Å². The van der Waals surface area contributed by atoms with Crippen LogP contribution in [0.15, 0.2) is 36.7 Å². The van der Waals surface area contributed by atoms with Crippen LogP contribution in [0.4, 0.5) is 5.82 Å². The van der Waals surface area contributed by atoms with Gasteiger partial charge in [0.25, 0.3) is 0 Å². The van der Waals surface area contributed by atoms with Crippen LogP contribution in [0.1, 0.15) is 29.0 Å². The van der Waals surface area contributed by atoms with E-state index < -0.39 is 0 Å². The van der Waals surface area contributed by atoms with Gasteiger partial charge >= 0.3 is 0 Å². The van der Waals surface area contributed by atoms with Gasteiger partial charge in [0.05, 0.1) is 17.1 Å². The van der Waals surface area contributed by atoms with E-state index in [4.69, 9.17) is 5.26 Å². The second kappa shape index (κ2) is 5.46. The van der Waals surface area contributed by atoms with Crippen molar-refractivity contribution >= 4 is 22.6 Å². The molecule has 1 aromatic carbocycles. The number of benzene rings is 1. The molecule has 1 saturated carbocycles.